The van der Waals surface area contributed by atoms with Crippen LogP contribution in [0, 0.1) is 0 Å². The molecule has 0 saturated heterocycles. The predicted octanol–water partition coefficient (Wildman–Crippen LogP) is 4.91. The Balaban J connectivity index is 2.90. The van der Waals surface area contributed by atoms with E-state index in [1.165, 1.54) is 21.9 Å². The van der Waals surface area contributed by atoms with Gasteiger partial charge < -0.3 is 0 Å². The minimum Gasteiger partial charge on any atom is -0.0955 e. The van der Waals surface area contributed by atoms with E-state index >= 15 is 0 Å². The SMILES string of the molecule is C=C(C)c1ccc2ccccc2c1C(=C)C. The van der Waals surface area contributed by atoms with Gasteiger partial charge in [-0.2, -0.15) is 0 Å². The van der Waals surface area contributed by atoms with Gasteiger partial charge in [0, 0.05) is 0 Å². The lowest BCUT2D eigenvalue weighted by molar-refractivity contribution is 1.54. The average molecular weight is 208 g/mol. The zero-order chi connectivity index (χ0) is 11.7. The van der Waals surface area contributed by atoms with Crippen LogP contribution in [0.25, 0.3) is 21.9 Å². The van der Waals surface area contributed by atoms with Crippen LogP contribution in [0.3, 0.4) is 0 Å². The summed E-state index contributed by atoms with van der Waals surface area (Å²) in [5.74, 6) is 0. The Morgan fingerprint density at radius 1 is 0.875 bits per heavy atom. The van der Waals surface area contributed by atoms with Gasteiger partial charge in [-0.3, -0.25) is 0 Å². The molecule has 0 aliphatic carbocycles. The average Bonchev–Trinajstić information content (AvgIpc) is 2.27. The fraction of sp³-hybridized carbons (Fsp3) is 0.125. The molecule has 0 bridgehead atoms. The molecule has 2 aromatic rings. The lowest BCUT2D eigenvalue weighted by Gasteiger charge is -2.12. The van der Waals surface area contributed by atoms with Crippen LogP contribution < -0.4 is 0 Å². The van der Waals surface area contributed by atoms with Crippen molar-refractivity contribution in [1.82, 2.24) is 0 Å². The Labute approximate surface area is 96.9 Å². The first kappa shape index (κ1) is 10.7. The van der Waals surface area contributed by atoms with Crippen molar-refractivity contribution in [1.29, 1.82) is 0 Å². The second-order valence-corrected chi connectivity index (χ2v) is 4.27. The van der Waals surface area contributed by atoms with Crippen LogP contribution in [0.5, 0.6) is 0 Å². The number of hydrogen-bond donors (Lipinski definition) is 0. The smallest absolute Gasteiger partial charge is 0.00796 e. The molecule has 0 aliphatic heterocycles. The van der Waals surface area contributed by atoms with Gasteiger partial charge in [-0.25, -0.2) is 0 Å². The molecular formula is C16H16. The van der Waals surface area contributed by atoms with Crippen LogP contribution in [-0.4, -0.2) is 0 Å². The number of benzene rings is 2. The van der Waals surface area contributed by atoms with E-state index in [2.05, 4.69) is 49.6 Å². The fourth-order valence-corrected chi connectivity index (χ4v) is 2.09. The second-order valence-electron chi connectivity index (χ2n) is 4.27. The molecular weight excluding hydrogens is 192 g/mol. The van der Waals surface area contributed by atoms with Crippen molar-refractivity contribution in [2.24, 2.45) is 0 Å². The van der Waals surface area contributed by atoms with Crippen molar-refractivity contribution in [2.45, 2.75) is 13.8 Å². The monoisotopic (exact) mass is 208 g/mol. The molecule has 0 saturated carbocycles. The van der Waals surface area contributed by atoms with Crippen molar-refractivity contribution in [3.63, 3.8) is 0 Å². The molecule has 0 aliphatic rings. The molecule has 2 aromatic carbocycles. The first-order valence-corrected chi connectivity index (χ1v) is 5.45. The molecule has 0 unspecified atom stereocenters. The Kier molecular flexibility index (Phi) is 2.66. The zero-order valence-electron chi connectivity index (χ0n) is 9.88. The van der Waals surface area contributed by atoms with Gasteiger partial charge in [0.25, 0.3) is 0 Å². The van der Waals surface area contributed by atoms with Crippen molar-refractivity contribution in [3.8, 4) is 0 Å². The van der Waals surface area contributed by atoms with E-state index in [-0.39, 0.29) is 0 Å². The summed E-state index contributed by atoms with van der Waals surface area (Å²) in [6.07, 6.45) is 0. The van der Waals surface area contributed by atoms with Gasteiger partial charge in [-0.15, -0.1) is 0 Å². The highest BCUT2D eigenvalue weighted by atomic mass is 14.1. The maximum absolute atomic E-state index is 4.08. The highest BCUT2D eigenvalue weighted by Crippen LogP contribution is 2.30. The minimum absolute atomic E-state index is 1.09. The third-order valence-corrected chi connectivity index (χ3v) is 2.82. The zero-order valence-corrected chi connectivity index (χ0v) is 9.88. The molecule has 0 amide bonds. The van der Waals surface area contributed by atoms with E-state index in [4.69, 9.17) is 0 Å². The van der Waals surface area contributed by atoms with Crippen LogP contribution in [0.4, 0.5) is 0 Å². The molecule has 0 nitrogen and oxygen atoms in total. The highest BCUT2D eigenvalue weighted by molar-refractivity contribution is 5.97. The van der Waals surface area contributed by atoms with Crippen LogP contribution in [0.1, 0.15) is 25.0 Å². The Hall–Kier alpha value is -1.82. The third kappa shape index (κ3) is 1.67. The first-order valence-electron chi connectivity index (χ1n) is 5.45. The summed E-state index contributed by atoms with van der Waals surface area (Å²) in [7, 11) is 0. The Morgan fingerprint density at radius 3 is 2.19 bits per heavy atom. The van der Waals surface area contributed by atoms with Crippen molar-refractivity contribution < 1.29 is 0 Å². The molecule has 0 N–H and O–H groups in total. The van der Waals surface area contributed by atoms with Gasteiger partial charge >= 0.3 is 0 Å². The minimum atomic E-state index is 1.09. The maximum Gasteiger partial charge on any atom is -0.00796 e. The van der Waals surface area contributed by atoms with Gasteiger partial charge in [-0.05, 0) is 41.3 Å². The number of hydrogen-bond acceptors (Lipinski definition) is 0. The quantitative estimate of drug-likeness (QED) is 0.658. The molecule has 0 heteroatoms. The van der Waals surface area contributed by atoms with E-state index < -0.39 is 0 Å². The van der Waals surface area contributed by atoms with E-state index in [9.17, 15) is 0 Å². The standard InChI is InChI=1S/C16H16/c1-11(2)14-10-9-13-7-5-6-8-15(13)16(14)12(3)4/h5-10H,1,3H2,2,4H3. The molecule has 80 valence electrons. The summed E-state index contributed by atoms with van der Waals surface area (Å²) in [5.41, 5.74) is 4.61. The molecule has 0 atom stereocenters. The molecule has 2 rings (SSSR count). The van der Waals surface area contributed by atoms with Gasteiger partial charge in [0.1, 0.15) is 0 Å². The summed E-state index contributed by atoms with van der Waals surface area (Å²) in [6.45, 7) is 12.2. The van der Waals surface area contributed by atoms with Gasteiger partial charge in [0.15, 0.2) is 0 Å². The van der Waals surface area contributed by atoms with Gasteiger partial charge in [0.2, 0.25) is 0 Å². The fourth-order valence-electron chi connectivity index (χ4n) is 2.09. The molecule has 0 aromatic heterocycles. The summed E-state index contributed by atoms with van der Waals surface area (Å²) < 4.78 is 0. The van der Waals surface area contributed by atoms with Crippen LogP contribution in [0.15, 0.2) is 49.6 Å². The van der Waals surface area contributed by atoms with Crippen molar-refractivity contribution in [2.75, 3.05) is 0 Å². The van der Waals surface area contributed by atoms with Gasteiger partial charge in [0.05, 0.1) is 0 Å². The van der Waals surface area contributed by atoms with Crippen LogP contribution in [-0.2, 0) is 0 Å². The van der Waals surface area contributed by atoms with Crippen LogP contribution in [0.2, 0.25) is 0 Å². The Morgan fingerprint density at radius 2 is 1.56 bits per heavy atom. The number of allylic oxidation sites excluding steroid dienone is 2. The van der Waals surface area contributed by atoms with Crippen molar-refractivity contribution >= 4 is 21.9 Å². The first-order chi connectivity index (χ1) is 7.61. The number of rotatable bonds is 2. The van der Waals surface area contributed by atoms with Gasteiger partial charge in [-0.1, -0.05) is 55.1 Å². The topological polar surface area (TPSA) is 0 Å². The number of fused-ring (bicyclic) bond motifs is 1. The third-order valence-electron chi connectivity index (χ3n) is 2.82. The van der Waals surface area contributed by atoms with E-state index in [1.54, 1.807) is 0 Å². The van der Waals surface area contributed by atoms with E-state index in [0.29, 0.717) is 0 Å². The maximum atomic E-state index is 4.08. The molecule has 0 heterocycles. The summed E-state index contributed by atoms with van der Waals surface area (Å²) in [4.78, 5) is 0. The normalized spacial score (nSPS) is 10.4. The van der Waals surface area contributed by atoms with Crippen molar-refractivity contribution in [3.05, 3.63) is 60.7 Å². The molecule has 0 spiro atoms. The lowest BCUT2D eigenvalue weighted by Crippen LogP contribution is -1.90. The highest BCUT2D eigenvalue weighted by Gasteiger charge is 2.08. The summed E-state index contributed by atoms with van der Waals surface area (Å²) in [6, 6.07) is 12.7. The summed E-state index contributed by atoms with van der Waals surface area (Å²) in [5, 5.41) is 2.51. The largest absolute Gasteiger partial charge is 0.0955 e. The van der Waals surface area contributed by atoms with E-state index in [0.717, 1.165) is 11.1 Å². The lowest BCUT2D eigenvalue weighted by atomic mass is 9.92. The second kappa shape index (κ2) is 3.97. The molecule has 0 radical (unpaired) electrons. The van der Waals surface area contributed by atoms with E-state index in [1.807, 2.05) is 13.8 Å². The Bertz CT molecular complexity index is 574. The summed E-state index contributed by atoms with van der Waals surface area (Å²) >= 11 is 0. The predicted molar refractivity (Wildman–Crippen MR) is 73.4 cm³/mol. The van der Waals surface area contributed by atoms with Crippen LogP contribution >= 0.6 is 0 Å². The molecule has 0 fully saturated rings. The molecule has 16 heavy (non-hydrogen) atoms.